The Balaban J connectivity index is 2.34. The lowest BCUT2D eigenvalue weighted by Crippen LogP contribution is -1.98. The fourth-order valence-corrected chi connectivity index (χ4v) is 3.00. The van der Waals surface area contributed by atoms with E-state index in [1.165, 1.54) is 0 Å². The predicted molar refractivity (Wildman–Crippen MR) is 91.2 cm³/mol. The van der Waals surface area contributed by atoms with Crippen LogP contribution in [0.25, 0.3) is 0 Å². The number of rotatable bonds is 5. The van der Waals surface area contributed by atoms with Crippen molar-refractivity contribution in [1.82, 2.24) is 0 Å². The highest BCUT2D eigenvalue weighted by Gasteiger charge is 2.08. The molecule has 0 bridgehead atoms. The summed E-state index contributed by atoms with van der Waals surface area (Å²) in [5.41, 5.74) is 1.80. The van der Waals surface area contributed by atoms with E-state index in [9.17, 15) is 0 Å². The minimum absolute atomic E-state index is 0.451. The topological polar surface area (TPSA) is 21.6 Å². The van der Waals surface area contributed by atoms with Crippen LogP contribution < -0.4 is 4.74 Å². The molecule has 2 nitrogen and oxygen atoms in total. The molecule has 0 aliphatic rings. The first-order chi connectivity index (χ1) is 9.70. The van der Waals surface area contributed by atoms with Gasteiger partial charge in [0.15, 0.2) is 0 Å². The van der Waals surface area contributed by atoms with Crippen LogP contribution in [0.5, 0.6) is 5.75 Å². The van der Waals surface area contributed by atoms with Crippen molar-refractivity contribution in [3.8, 4) is 5.75 Å². The Morgan fingerprint density at radius 2 is 1.90 bits per heavy atom. The molecule has 4 heteroatoms. The van der Waals surface area contributed by atoms with Crippen molar-refractivity contribution < 1.29 is 4.74 Å². The van der Waals surface area contributed by atoms with E-state index in [0.29, 0.717) is 6.61 Å². The van der Waals surface area contributed by atoms with Gasteiger partial charge in [-0.2, -0.15) is 0 Å². The van der Waals surface area contributed by atoms with Crippen LogP contribution >= 0.6 is 31.9 Å². The maximum absolute atomic E-state index is 5.68. The molecule has 0 unspecified atom stereocenters. The number of para-hydroxylation sites is 1. The predicted octanol–water partition coefficient (Wildman–Crippen LogP) is 5.53. The van der Waals surface area contributed by atoms with Gasteiger partial charge >= 0.3 is 0 Å². The summed E-state index contributed by atoms with van der Waals surface area (Å²) in [5, 5.41) is 0. The van der Waals surface area contributed by atoms with Crippen molar-refractivity contribution >= 4 is 43.8 Å². The van der Waals surface area contributed by atoms with Gasteiger partial charge < -0.3 is 4.74 Å². The van der Waals surface area contributed by atoms with E-state index in [4.69, 9.17) is 4.74 Å². The third kappa shape index (κ3) is 4.05. The minimum Gasteiger partial charge on any atom is -0.488 e. The van der Waals surface area contributed by atoms with Gasteiger partial charge in [-0.1, -0.05) is 46.8 Å². The van der Waals surface area contributed by atoms with Crippen molar-refractivity contribution in [1.29, 1.82) is 0 Å². The fraction of sp³-hybridized carbons (Fsp3) is 0.0625. The molecule has 0 N–H and O–H groups in total. The maximum atomic E-state index is 5.68. The van der Waals surface area contributed by atoms with Crippen LogP contribution in [0.1, 0.15) is 5.56 Å². The molecule has 0 fully saturated rings. The number of aliphatic imine (C=N–C) groups is 1. The molecule has 0 aliphatic heterocycles. The summed E-state index contributed by atoms with van der Waals surface area (Å²) in [6.07, 6.45) is 3.51. The fourth-order valence-electron chi connectivity index (χ4n) is 1.63. The molecule has 2 rings (SSSR count). The van der Waals surface area contributed by atoms with Crippen molar-refractivity contribution in [2.24, 2.45) is 4.99 Å². The molecule has 0 aromatic heterocycles. The van der Waals surface area contributed by atoms with Crippen LogP contribution in [0.15, 0.2) is 69.1 Å². The molecule has 2 aromatic rings. The second-order valence-corrected chi connectivity index (χ2v) is 5.77. The Kier molecular flexibility index (Phi) is 5.56. The molecule has 102 valence electrons. The molecule has 20 heavy (non-hydrogen) atoms. The zero-order chi connectivity index (χ0) is 14.4. The summed E-state index contributed by atoms with van der Waals surface area (Å²) in [6, 6.07) is 13.7. The summed E-state index contributed by atoms with van der Waals surface area (Å²) in [5.74, 6) is 0.757. The largest absolute Gasteiger partial charge is 0.488 e. The third-order valence-corrected chi connectivity index (χ3v) is 3.54. The summed E-state index contributed by atoms with van der Waals surface area (Å²) >= 11 is 6.98. The molecule has 0 radical (unpaired) electrons. The number of benzene rings is 2. The molecular weight excluding hydrogens is 382 g/mol. The monoisotopic (exact) mass is 393 g/mol. The number of hydrogen-bond acceptors (Lipinski definition) is 2. The van der Waals surface area contributed by atoms with Crippen LogP contribution in [0, 0.1) is 0 Å². The first-order valence-electron chi connectivity index (χ1n) is 6.02. The Morgan fingerprint density at radius 1 is 1.15 bits per heavy atom. The second-order valence-electron chi connectivity index (χ2n) is 4.00. The summed E-state index contributed by atoms with van der Waals surface area (Å²) in [6.45, 7) is 4.11. The van der Waals surface area contributed by atoms with E-state index >= 15 is 0 Å². The molecule has 2 aromatic carbocycles. The van der Waals surface area contributed by atoms with Gasteiger partial charge in [0.05, 0.1) is 10.2 Å². The zero-order valence-electron chi connectivity index (χ0n) is 10.7. The quantitative estimate of drug-likeness (QED) is 0.482. The van der Waals surface area contributed by atoms with Crippen molar-refractivity contribution in [2.45, 2.75) is 0 Å². The number of hydrogen-bond donors (Lipinski definition) is 0. The highest BCUT2D eigenvalue weighted by atomic mass is 79.9. The van der Waals surface area contributed by atoms with E-state index in [2.05, 4.69) is 43.4 Å². The molecule has 0 aliphatic carbocycles. The Morgan fingerprint density at radius 3 is 2.60 bits per heavy atom. The number of nitrogens with zero attached hydrogens (tertiary/aromatic N) is 1. The number of halogens is 2. The molecular formula is C16H13Br2NO. The summed E-state index contributed by atoms with van der Waals surface area (Å²) in [4.78, 5) is 4.45. The normalized spacial score (nSPS) is 10.7. The molecule has 0 heterocycles. The SMILES string of the molecule is C=CCOc1c(Br)cc(Br)cc1C=Nc1ccccc1. The lowest BCUT2D eigenvalue weighted by Gasteiger charge is -2.10. The minimum atomic E-state index is 0.451. The van der Waals surface area contributed by atoms with E-state index < -0.39 is 0 Å². The van der Waals surface area contributed by atoms with Gasteiger partial charge in [0.2, 0.25) is 0 Å². The highest BCUT2D eigenvalue weighted by Crippen LogP contribution is 2.32. The molecule has 0 amide bonds. The molecule has 0 saturated heterocycles. The van der Waals surface area contributed by atoms with Crippen LogP contribution in [-0.4, -0.2) is 12.8 Å². The molecule has 0 atom stereocenters. The van der Waals surface area contributed by atoms with Gasteiger partial charge in [-0.25, -0.2) is 0 Å². The molecule has 0 spiro atoms. The second kappa shape index (κ2) is 7.41. The summed E-state index contributed by atoms with van der Waals surface area (Å²) < 4.78 is 7.52. The zero-order valence-corrected chi connectivity index (χ0v) is 13.9. The van der Waals surface area contributed by atoms with Gasteiger partial charge in [0.1, 0.15) is 12.4 Å². The first-order valence-corrected chi connectivity index (χ1v) is 7.61. The van der Waals surface area contributed by atoms with Crippen LogP contribution in [0.4, 0.5) is 5.69 Å². The van der Waals surface area contributed by atoms with E-state index in [1.807, 2.05) is 42.5 Å². The third-order valence-electron chi connectivity index (χ3n) is 2.49. The number of ether oxygens (including phenoxy) is 1. The van der Waals surface area contributed by atoms with E-state index in [0.717, 1.165) is 25.9 Å². The van der Waals surface area contributed by atoms with Gasteiger partial charge in [0.25, 0.3) is 0 Å². The van der Waals surface area contributed by atoms with Crippen LogP contribution in [0.3, 0.4) is 0 Å². The van der Waals surface area contributed by atoms with Crippen molar-refractivity contribution in [2.75, 3.05) is 6.61 Å². The van der Waals surface area contributed by atoms with Crippen LogP contribution in [-0.2, 0) is 0 Å². The van der Waals surface area contributed by atoms with E-state index in [-0.39, 0.29) is 0 Å². The average molecular weight is 395 g/mol. The Bertz CT molecular complexity index is 624. The lowest BCUT2D eigenvalue weighted by atomic mass is 10.2. The smallest absolute Gasteiger partial charge is 0.142 e. The van der Waals surface area contributed by atoms with Gasteiger partial charge in [-0.15, -0.1) is 0 Å². The Hall–Kier alpha value is -1.39. The van der Waals surface area contributed by atoms with Gasteiger partial charge in [-0.3, -0.25) is 4.99 Å². The molecule has 0 saturated carbocycles. The Labute approximate surface area is 135 Å². The van der Waals surface area contributed by atoms with Gasteiger partial charge in [0, 0.05) is 16.3 Å². The van der Waals surface area contributed by atoms with Crippen molar-refractivity contribution in [3.63, 3.8) is 0 Å². The van der Waals surface area contributed by atoms with Crippen LogP contribution in [0.2, 0.25) is 0 Å². The average Bonchev–Trinajstić information content (AvgIpc) is 2.45. The highest BCUT2D eigenvalue weighted by molar-refractivity contribution is 9.11. The van der Waals surface area contributed by atoms with Gasteiger partial charge in [-0.05, 0) is 40.2 Å². The standard InChI is InChI=1S/C16H13Br2NO/c1-2-8-20-16-12(9-13(17)10-15(16)18)11-19-14-6-4-3-5-7-14/h2-7,9-11H,1,8H2. The first kappa shape index (κ1) is 15.0. The summed E-state index contributed by atoms with van der Waals surface area (Å²) in [7, 11) is 0. The maximum Gasteiger partial charge on any atom is 0.142 e. The lowest BCUT2D eigenvalue weighted by molar-refractivity contribution is 0.360. The van der Waals surface area contributed by atoms with E-state index in [1.54, 1.807) is 12.3 Å². The van der Waals surface area contributed by atoms with Crippen molar-refractivity contribution in [3.05, 3.63) is 69.6 Å².